The molecule has 4 rings (SSSR count). The lowest BCUT2D eigenvalue weighted by atomic mass is 10.0. The number of hydrogen-bond donors (Lipinski definition) is 1. The van der Waals surface area contributed by atoms with E-state index in [1.165, 1.54) is 0 Å². The van der Waals surface area contributed by atoms with E-state index >= 15 is 0 Å². The molecule has 28 heavy (non-hydrogen) atoms. The summed E-state index contributed by atoms with van der Waals surface area (Å²) < 4.78 is 5.31. The quantitative estimate of drug-likeness (QED) is 0.726. The molecule has 3 aromatic heterocycles. The minimum Gasteiger partial charge on any atom is -0.385 e. The van der Waals surface area contributed by atoms with Crippen molar-refractivity contribution in [2.75, 3.05) is 31.1 Å². The van der Waals surface area contributed by atoms with Gasteiger partial charge >= 0.3 is 0 Å². The van der Waals surface area contributed by atoms with E-state index in [2.05, 4.69) is 20.1 Å². The number of pyridine rings is 1. The number of anilines is 1. The minimum atomic E-state index is -0.948. The molecule has 0 unspecified atom stereocenters. The molecule has 0 radical (unpaired) electrons. The van der Waals surface area contributed by atoms with E-state index in [9.17, 15) is 9.90 Å². The minimum absolute atomic E-state index is 0.165. The molecule has 1 N–H and O–H groups in total. The lowest BCUT2D eigenvalue weighted by Gasteiger charge is -2.34. The summed E-state index contributed by atoms with van der Waals surface area (Å²) in [4.78, 5) is 29.6. The number of aromatic nitrogens is 4. The second-order valence-electron chi connectivity index (χ2n) is 6.52. The Morgan fingerprint density at radius 3 is 2.54 bits per heavy atom. The molecule has 144 valence electrons. The fourth-order valence-corrected chi connectivity index (χ4v) is 3.22. The van der Waals surface area contributed by atoms with E-state index in [1.807, 2.05) is 4.90 Å². The number of carbonyl (C=O) groups is 1. The SMILES string of the molecule is C[C@H](O)c1onc(-c2cccnc2)c1C(=O)N1CCN(c2ncccn2)CC1. The number of carbonyl (C=O) groups excluding carboxylic acids is 1. The Hall–Kier alpha value is -3.33. The number of piperazine rings is 1. The Balaban J connectivity index is 1.58. The first kappa shape index (κ1) is 18.1. The summed E-state index contributed by atoms with van der Waals surface area (Å²) in [6.45, 7) is 3.80. The van der Waals surface area contributed by atoms with Crippen LogP contribution in [0.2, 0.25) is 0 Å². The van der Waals surface area contributed by atoms with Gasteiger partial charge in [-0.3, -0.25) is 9.78 Å². The molecule has 0 saturated carbocycles. The summed E-state index contributed by atoms with van der Waals surface area (Å²) >= 11 is 0. The van der Waals surface area contributed by atoms with Crippen molar-refractivity contribution in [2.24, 2.45) is 0 Å². The maximum Gasteiger partial charge on any atom is 0.259 e. The van der Waals surface area contributed by atoms with Crippen LogP contribution < -0.4 is 4.90 Å². The second kappa shape index (κ2) is 7.73. The Morgan fingerprint density at radius 2 is 1.89 bits per heavy atom. The number of rotatable bonds is 4. The van der Waals surface area contributed by atoms with E-state index in [1.54, 1.807) is 54.8 Å². The van der Waals surface area contributed by atoms with Crippen LogP contribution >= 0.6 is 0 Å². The Morgan fingerprint density at radius 1 is 1.14 bits per heavy atom. The first-order valence-electron chi connectivity index (χ1n) is 9.04. The average molecular weight is 380 g/mol. The van der Waals surface area contributed by atoms with Crippen LogP contribution in [0.4, 0.5) is 5.95 Å². The van der Waals surface area contributed by atoms with Crippen LogP contribution in [-0.4, -0.2) is 62.2 Å². The topological polar surface area (TPSA) is 108 Å². The third-order valence-corrected chi connectivity index (χ3v) is 4.65. The fourth-order valence-electron chi connectivity index (χ4n) is 3.22. The summed E-state index contributed by atoms with van der Waals surface area (Å²) in [7, 11) is 0. The molecular weight excluding hydrogens is 360 g/mol. The molecule has 9 nitrogen and oxygen atoms in total. The largest absolute Gasteiger partial charge is 0.385 e. The van der Waals surface area contributed by atoms with Crippen molar-refractivity contribution in [2.45, 2.75) is 13.0 Å². The summed E-state index contributed by atoms with van der Waals surface area (Å²) in [6.07, 6.45) is 5.71. The number of nitrogens with zero attached hydrogens (tertiary/aromatic N) is 6. The van der Waals surface area contributed by atoms with E-state index in [-0.39, 0.29) is 17.2 Å². The van der Waals surface area contributed by atoms with Gasteiger partial charge in [0.15, 0.2) is 5.76 Å². The number of hydrogen-bond acceptors (Lipinski definition) is 8. The van der Waals surface area contributed by atoms with Crippen LogP contribution in [0.1, 0.15) is 29.1 Å². The van der Waals surface area contributed by atoms with Crippen molar-refractivity contribution in [1.82, 2.24) is 25.0 Å². The summed E-state index contributed by atoms with van der Waals surface area (Å²) in [5, 5.41) is 14.1. The number of aliphatic hydroxyl groups is 1. The Labute approximate surface area is 161 Å². The molecule has 1 aliphatic heterocycles. The molecule has 9 heteroatoms. The zero-order valence-electron chi connectivity index (χ0n) is 15.4. The summed E-state index contributed by atoms with van der Waals surface area (Å²) in [5.74, 6) is 0.600. The molecule has 0 aromatic carbocycles. The lowest BCUT2D eigenvalue weighted by Crippen LogP contribution is -2.49. The van der Waals surface area contributed by atoms with Crippen molar-refractivity contribution in [3.8, 4) is 11.3 Å². The highest BCUT2D eigenvalue weighted by molar-refractivity contribution is 6.01. The van der Waals surface area contributed by atoms with Crippen LogP contribution in [0.3, 0.4) is 0 Å². The molecule has 1 amide bonds. The van der Waals surface area contributed by atoms with Gasteiger partial charge < -0.3 is 19.4 Å². The molecule has 1 aliphatic rings. The van der Waals surface area contributed by atoms with Crippen molar-refractivity contribution in [1.29, 1.82) is 0 Å². The predicted octanol–water partition coefficient (Wildman–Crippen LogP) is 1.54. The van der Waals surface area contributed by atoms with Gasteiger partial charge in [-0.1, -0.05) is 5.16 Å². The molecule has 1 saturated heterocycles. The van der Waals surface area contributed by atoms with Gasteiger partial charge in [-0.05, 0) is 25.1 Å². The van der Waals surface area contributed by atoms with E-state index < -0.39 is 6.10 Å². The lowest BCUT2D eigenvalue weighted by molar-refractivity contribution is 0.0735. The predicted molar refractivity (Wildman–Crippen MR) is 101 cm³/mol. The van der Waals surface area contributed by atoms with Crippen molar-refractivity contribution >= 4 is 11.9 Å². The second-order valence-corrected chi connectivity index (χ2v) is 6.52. The van der Waals surface area contributed by atoms with Gasteiger partial charge in [-0.2, -0.15) is 0 Å². The van der Waals surface area contributed by atoms with Crippen LogP contribution in [0.5, 0.6) is 0 Å². The number of amides is 1. The normalized spacial score (nSPS) is 15.5. The maximum atomic E-state index is 13.3. The van der Waals surface area contributed by atoms with Crippen molar-refractivity contribution in [3.63, 3.8) is 0 Å². The van der Waals surface area contributed by atoms with Gasteiger partial charge in [-0.25, -0.2) is 9.97 Å². The highest BCUT2D eigenvalue weighted by Crippen LogP contribution is 2.30. The Kier molecular flexibility index (Phi) is 4.98. The molecule has 1 atom stereocenters. The zero-order valence-corrected chi connectivity index (χ0v) is 15.4. The Bertz CT molecular complexity index is 937. The molecule has 0 spiro atoms. The average Bonchev–Trinajstić information content (AvgIpc) is 3.20. The van der Waals surface area contributed by atoms with Gasteiger partial charge in [0, 0.05) is 56.5 Å². The molecule has 4 heterocycles. The van der Waals surface area contributed by atoms with Gasteiger partial charge in [-0.15, -0.1) is 0 Å². The smallest absolute Gasteiger partial charge is 0.259 e. The van der Waals surface area contributed by atoms with Gasteiger partial charge in [0.25, 0.3) is 5.91 Å². The molecule has 1 fully saturated rings. The van der Waals surface area contributed by atoms with Gasteiger partial charge in [0.1, 0.15) is 17.4 Å². The molecule has 0 bridgehead atoms. The molecular formula is C19H20N6O3. The monoisotopic (exact) mass is 380 g/mol. The van der Waals surface area contributed by atoms with Crippen molar-refractivity contribution in [3.05, 3.63) is 54.3 Å². The van der Waals surface area contributed by atoms with Crippen LogP contribution in [-0.2, 0) is 0 Å². The highest BCUT2D eigenvalue weighted by atomic mass is 16.5. The first-order valence-corrected chi connectivity index (χ1v) is 9.04. The fraction of sp³-hybridized carbons (Fsp3) is 0.316. The highest BCUT2D eigenvalue weighted by Gasteiger charge is 2.32. The van der Waals surface area contributed by atoms with E-state index in [4.69, 9.17) is 4.52 Å². The van der Waals surface area contributed by atoms with E-state index in [0.717, 1.165) is 0 Å². The first-order chi connectivity index (χ1) is 13.6. The molecule has 0 aliphatic carbocycles. The zero-order chi connectivity index (χ0) is 19.5. The van der Waals surface area contributed by atoms with Crippen LogP contribution in [0, 0.1) is 0 Å². The number of aliphatic hydroxyl groups excluding tert-OH is 1. The maximum absolute atomic E-state index is 13.3. The van der Waals surface area contributed by atoms with Gasteiger partial charge in [0.05, 0.1) is 0 Å². The van der Waals surface area contributed by atoms with E-state index in [0.29, 0.717) is 43.4 Å². The molecule has 3 aromatic rings. The third kappa shape index (κ3) is 3.44. The van der Waals surface area contributed by atoms with Crippen LogP contribution in [0.15, 0.2) is 47.5 Å². The van der Waals surface area contributed by atoms with Crippen molar-refractivity contribution < 1.29 is 14.4 Å². The summed E-state index contributed by atoms with van der Waals surface area (Å²) in [5.41, 5.74) is 1.34. The summed E-state index contributed by atoms with van der Waals surface area (Å²) in [6, 6.07) is 5.34. The van der Waals surface area contributed by atoms with Gasteiger partial charge in [0.2, 0.25) is 5.95 Å². The third-order valence-electron chi connectivity index (χ3n) is 4.65. The van der Waals surface area contributed by atoms with Crippen LogP contribution in [0.25, 0.3) is 11.3 Å². The standard InChI is InChI=1S/C19H20N6O3/c1-13(26)17-15(16(23-28-17)14-4-2-5-20-12-14)18(27)24-8-10-25(11-9-24)19-21-6-3-7-22-19/h2-7,12-13,26H,8-11H2,1H3/t13-/m0/s1.